The molecule has 0 aliphatic carbocycles. The van der Waals surface area contributed by atoms with Crippen LogP contribution in [0.5, 0.6) is 0 Å². The predicted molar refractivity (Wildman–Crippen MR) is 75.2 cm³/mol. The van der Waals surface area contributed by atoms with Crippen LogP contribution in [-0.2, 0) is 12.8 Å². The summed E-state index contributed by atoms with van der Waals surface area (Å²) in [7, 11) is 1.96. The SMILES string of the molecule is CCc1ccc(C(Cc2nc(C)c(C)s2)NC)o1. The third-order valence-corrected chi connectivity index (χ3v) is 4.27. The Morgan fingerprint density at radius 1 is 1.39 bits per heavy atom. The molecule has 0 aromatic carbocycles. The predicted octanol–water partition coefficient (Wildman–Crippen LogP) is 3.42. The van der Waals surface area contributed by atoms with E-state index in [1.807, 2.05) is 7.05 Å². The fourth-order valence-corrected chi connectivity index (χ4v) is 2.90. The number of furan rings is 1. The van der Waals surface area contributed by atoms with Gasteiger partial charge >= 0.3 is 0 Å². The zero-order valence-corrected chi connectivity index (χ0v) is 12.2. The van der Waals surface area contributed by atoms with Crippen LogP contribution in [0.15, 0.2) is 16.5 Å². The quantitative estimate of drug-likeness (QED) is 0.899. The maximum absolute atomic E-state index is 5.81. The first kappa shape index (κ1) is 13.3. The van der Waals surface area contributed by atoms with Gasteiger partial charge in [0.05, 0.1) is 16.7 Å². The topological polar surface area (TPSA) is 38.1 Å². The van der Waals surface area contributed by atoms with E-state index in [0.29, 0.717) is 0 Å². The van der Waals surface area contributed by atoms with Gasteiger partial charge in [-0.2, -0.15) is 0 Å². The highest BCUT2D eigenvalue weighted by Crippen LogP contribution is 2.24. The van der Waals surface area contributed by atoms with Gasteiger partial charge in [-0.15, -0.1) is 11.3 Å². The summed E-state index contributed by atoms with van der Waals surface area (Å²) >= 11 is 1.77. The van der Waals surface area contributed by atoms with Crippen molar-refractivity contribution in [2.24, 2.45) is 0 Å². The van der Waals surface area contributed by atoms with E-state index in [4.69, 9.17) is 4.42 Å². The molecule has 0 amide bonds. The standard InChI is InChI=1S/C14H20N2OS/c1-5-11-6-7-13(17-11)12(15-4)8-14-16-9(2)10(3)18-14/h6-7,12,15H,5,8H2,1-4H3. The van der Waals surface area contributed by atoms with Crippen LogP contribution in [-0.4, -0.2) is 12.0 Å². The summed E-state index contributed by atoms with van der Waals surface area (Å²) < 4.78 is 5.81. The second-order valence-electron chi connectivity index (χ2n) is 4.45. The van der Waals surface area contributed by atoms with Crippen molar-refractivity contribution in [3.05, 3.63) is 39.2 Å². The Labute approximate surface area is 112 Å². The molecule has 3 nitrogen and oxygen atoms in total. The maximum atomic E-state index is 5.81. The molecule has 0 aliphatic heterocycles. The molecule has 0 saturated carbocycles. The minimum atomic E-state index is 0.204. The Bertz CT molecular complexity index is 496. The van der Waals surface area contributed by atoms with Crippen molar-refractivity contribution in [3.8, 4) is 0 Å². The number of likely N-dealkylation sites (N-methyl/N-ethyl adjacent to an activating group) is 1. The average molecular weight is 264 g/mol. The molecule has 0 bridgehead atoms. The zero-order chi connectivity index (χ0) is 13.1. The van der Waals surface area contributed by atoms with Gasteiger partial charge in [-0.3, -0.25) is 0 Å². The number of aromatic nitrogens is 1. The van der Waals surface area contributed by atoms with Gasteiger partial charge in [-0.1, -0.05) is 6.92 Å². The van der Waals surface area contributed by atoms with Crippen LogP contribution < -0.4 is 5.32 Å². The van der Waals surface area contributed by atoms with E-state index < -0.39 is 0 Å². The molecule has 1 atom stereocenters. The van der Waals surface area contributed by atoms with Gasteiger partial charge in [0, 0.05) is 17.7 Å². The van der Waals surface area contributed by atoms with Gasteiger partial charge in [-0.25, -0.2) is 4.98 Å². The van der Waals surface area contributed by atoms with Crippen molar-refractivity contribution in [1.82, 2.24) is 10.3 Å². The van der Waals surface area contributed by atoms with Crippen molar-refractivity contribution >= 4 is 11.3 Å². The lowest BCUT2D eigenvalue weighted by Crippen LogP contribution is -2.18. The van der Waals surface area contributed by atoms with Crippen LogP contribution in [0.4, 0.5) is 0 Å². The van der Waals surface area contributed by atoms with Gasteiger partial charge in [0.15, 0.2) is 0 Å². The number of hydrogen-bond donors (Lipinski definition) is 1. The Morgan fingerprint density at radius 3 is 2.67 bits per heavy atom. The summed E-state index contributed by atoms with van der Waals surface area (Å²) in [6, 6.07) is 4.32. The van der Waals surface area contributed by atoms with Crippen LogP contribution >= 0.6 is 11.3 Å². The van der Waals surface area contributed by atoms with Gasteiger partial charge in [0.25, 0.3) is 0 Å². The molecule has 0 aliphatic rings. The highest BCUT2D eigenvalue weighted by Gasteiger charge is 2.16. The number of hydrogen-bond acceptors (Lipinski definition) is 4. The van der Waals surface area contributed by atoms with E-state index in [1.165, 1.54) is 9.88 Å². The first-order chi connectivity index (χ1) is 8.63. The number of rotatable bonds is 5. The van der Waals surface area contributed by atoms with Crippen molar-refractivity contribution in [1.29, 1.82) is 0 Å². The maximum Gasteiger partial charge on any atom is 0.121 e. The molecule has 98 valence electrons. The van der Waals surface area contributed by atoms with Crippen molar-refractivity contribution < 1.29 is 4.42 Å². The first-order valence-corrected chi connectivity index (χ1v) is 7.14. The Balaban J connectivity index is 2.13. The zero-order valence-electron chi connectivity index (χ0n) is 11.4. The molecular formula is C14H20N2OS. The fourth-order valence-electron chi connectivity index (χ4n) is 1.92. The van der Waals surface area contributed by atoms with Gasteiger partial charge < -0.3 is 9.73 Å². The molecule has 2 aromatic heterocycles. The van der Waals surface area contributed by atoms with Crippen molar-refractivity contribution in [3.63, 3.8) is 0 Å². The Hall–Kier alpha value is -1.13. The van der Waals surface area contributed by atoms with E-state index in [1.54, 1.807) is 11.3 Å². The lowest BCUT2D eigenvalue weighted by molar-refractivity contribution is 0.406. The fraction of sp³-hybridized carbons (Fsp3) is 0.500. The number of thiazole rings is 1. The summed E-state index contributed by atoms with van der Waals surface area (Å²) in [6.07, 6.45) is 1.82. The molecule has 0 fully saturated rings. The second kappa shape index (κ2) is 5.67. The van der Waals surface area contributed by atoms with Crippen LogP contribution in [0.2, 0.25) is 0 Å². The van der Waals surface area contributed by atoms with E-state index >= 15 is 0 Å². The van der Waals surface area contributed by atoms with Gasteiger partial charge in [-0.05, 0) is 33.0 Å². The van der Waals surface area contributed by atoms with Gasteiger partial charge in [0.2, 0.25) is 0 Å². The summed E-state index contributed by atoms with van der Waals surface area (Å²) in [4.78, 5) is 5.89. The Morgan fingerprint density at radius 2 is 2.17 bits per heavy atom. The lowest BCUT2D eigenvalue weighted by atomic mass is 10.1. The molecule has 0 radical (unpaired) electrons. The normalized spacial score (nSPS) is 12.9. The highest BCUT2D eigenvalue weighted by atomic mass is 32.1. The lowest BCUT2D eigenvalue weighted by Gasteiger charge is -2.11. The van der Waals surface area contributed by atoms with Crippen LogP contribution in [0.1, 0.15) is 40.1 Å². The highest BCUT2D eigenvalue weighted by molar-refractivity contribution is 7.11. The van der Waals surface area contributed by atoms with Gasteiger partial charge in [0.1, 0.15) is 11.5 Å². The summed E-state index contributed by atoms with van der Waals surface area (Å²) in [6.45, 7) is 6.28. The van der Waals surface area contributed by atoms with Crippen LogP contribution in [0.25, 0.3) is 0 Å². The third-order valence-electron chi connectivity index (χ3n) is 3.17. The van der Waals surface area contributed by atoms with Crippen molar-refractivity contribution in [2.45, 2.75) is 39.7 Å². The second-order valence-corrected chi connectivity index (χ2v) is 5.74. The van der Waals surface area contributed by atoms with Crippen LogP contribution in [0, 0.1) is 13.8 Å². The Kier molecular flexibility index (Phi) is 4.19. The van der Waals surface area contributed by atoms with E-state index in [2.05, 4.69) is 43.2 Å². The van der Waals surface area contributed by atoms with Crippen molar-refractivity contribution in [2.75, 3.05) is 7.05 Å². The molecular weight excluding hydrogens is 244 g/mol. The smallest absolute Gasteiger partial charge is 0.121 e. The van der Waals surface area contributed by atoms with E-state index in [9.17, 15) is 0 Å². The minimum Gasteiger partial charge on any atom is -0.464 e. The molecule has 0 saturated heterocycles. The number of aryl methyl sites for hydroxylation is 3. The average Bonchev–Trinajstić information content (AvgIpc) is 2.94. The van der Waals surface area contributed by atoms with E-state index in [0.717, 1.165) is 30.1 Å². The first-order valence-electron chi connectivity index (χ1n) is 6.32. The molecule has 4 heteroatoms. The van der Waals surface area contributed by atoms with Crippen LogP contribution in [0.3, 0.4) is 0 Å². The molecule has 2 aromatic rings. The minimum absolute atomic E-state index is 0.204. The summed E-state index contributed by atoms with van der Waals surface area (Å²) in [5.41, 5.74) is 1.14. The third kappa shape index (κ3) is 2.82. The molecule has 1 unspecified atom stereocenters. The molecule has 1 N–H and O–H groups in total. The summed E-state index contributed by atoms with van der Waals surface area (Å²) in [5.74, 6) is 2.04. The molecule has 2 heterocycles. The largest absolute Gasteiger partial charge is 0.464 e. The molecule has 18 heavy (non-hydrogen) atoms. The number of nitrogens with one attached hydrogen (secondary N) is 1. The van der Waals surface area contributed by atoms with E-state index in [-0.39, 0.29) is 6.04 Å². The monoisotopic (exact) mass is 264 g/mol. The number of nitrogens with zero attached hydrogens (tertiary/aromatic N) is 1. The molecule has 2 rings (SSSR count). The summed E-state index contributed by atoms with van der Waals surface area (Å²) in [5, 5.41) is 4.47. The molecule has 0 spiro atoms.